The number of rotatable bonds is 4. The molecule has 0 atom stereocenters. The largest absolute Gasteiger partial charge is 0.347 e. The number of benzene rings is 1. The number of sulfone groups is 1. The van der Waals surface area contributed by atoms with Crippen LogP contribution in [0.25, 0.3) is 0 Å². The first-order chi connectivity index (χ1) is 8.89. The molecule has 1 heterocycles. The van der Waals surface area contributed by atoms with Crippen LogP contribution < -0.4 is 5.32 Å². The number of hydrogen-bond acceptors (Lipinski definition) is 6. The van der Waals surface area contributed by atoms with E-state index in [4.69, 9.17) is 0 Å². The van der Waals surface area contributed by atoms with E-state index in [-0.39, 0.29) is 10.6 Å². The lowest BCUT2D eigenvalue weighted by molar-refractivity contribution is -0.386. The zero-order valence-corrected chi connectivity index (χ0v) is 10.6. The second-order valence-electron chi connectivity index (χ2n) is 3.79. The molecule has 0 unspecified atom stereocenters. The van der Waals surface area contributed by atoms with Gasteiger partial charge < -0.3 is 5.32 Å². The predicted molar refractivity (Wildman–Crippen MR) is 68.1 cm³/mol. The Labute approximate surface area is 108 Å². The highest BCUT2D eigenvalue weighted by atomic mass is 32.2. The van der Waals surface area contributed by atoms with Crippen molar-refractivity contribution in [1.82, 2.24) is 10.2 Å². The van der Waals surface area contributed by atoms with Crippen molar-refractivity contribution in [3.63, 3.8) is 0 Å². The maximum Gasteiger partial charge on any atom is 0.311 e. The van der Waals surface area contributed by atoms with E-state index in [0.717, 1.165) is 6.26 Å². The standard InChI is InChI=1S/C10H10N4O4S/c1-19(17,18)9-4-2-3-8(10(9)14(15)16)13-7-5-11-12-6-7/h2-6,13H,1H3,(H,11,12). The van der Waals surface area contributed by atoms with Crippen molar-refractivity contribution in [2.75, 3.05) is 11.6 Å². The van der Waals surface area contributed by atoms with Crippen LogP contribution >= 0.6 is 0 Å². The summed E-state index contributed by atoms with van der Waals surface area (Å²) in [4.78, 5) is 10.0. The first-order valence-corrected chi connectivity index (χ1v) is 7.02. The summed E-state index contributed by atoms with van der Waals surface area (Å²) in [6, 6.07) is 4.07. The zero-order chi connectivity index (χ0) is 14.0. The van der Waals surface area contributed by atoms with E-state index in [2.05, 4.69) is 15.5 Å². The molecule has 1 aromatic carbocycles. The number of hydrogen-bond donors (Lipinski definition) is 2. The molecule has 0 aliphatic heterocycles. The maximum atomic E-state index is 11.6. The average Bonchev–Trinajstić information content (AvgIpc) is 2.80. The van der Waals surface area contributed by atoms with Crippen LogP contribution in [0.15, 0.2) is 35.5 Å². The molecule has 9 heteroatoms. The van der Waals surface area contributed by atoms with Crippen molar-refractivity contribution < 1.29 is 13.3 Å². The van der Waals surface area contributed by atoms with Gasteiger partial charge in [-0.25, -0.2) is 8.42 Å². The molecule has 0 saturated carbocycles. The molecule has 2 N–H and O–H groups in total. The number of nitro groups is 1. The summed E-state index contributed by atoms with van der Waals surface area (Å²) in [6.07, 6.45) is 3.85. The molecule has 0 amide bonds. The second-order valence-corrected chi connectivity index (χ2v) is 5.78. The first kappa shape index (κ1) is 13.0. The van der Waals surface area contributed by atoms with Crippen molar-refractivity contribution in [1.29, 1.82) is 0 Å². The van der Waals surface area contributed by atoms with Crippen LogP contribution in [0.1, 0.15) is 0 Å². The number of nitrogens with zero attached hydrogens (tertiary/aromatic N) is 2. The van der Waals surface area contributed by atoms with E-state index in [9.17, 15) is 18.5 Å². The molecule has 0 bridgehead atoms. The summed E-state index contributed by atoms with van der Waals surface area (Å²) in [7, 11) is -3.69. The molecule has 0 aliphatic carbocycles. The van der Waals surface area contributed by atoms with Gasteiger partial charge in [-0.15, -0.1) is 0 Å². The van der Waals surface area contributed by atoms with E-state index in [0.29, 0.717) is 5.69 Å². The van der Waals surface area contributed by atoms with Gasteiger partial charge in [0.1, 0.15) is 10.6 Å². The van der Waals surface area contributed by atoms with Crippen LogP contribution in [0.2, 0.25) is 0 Å². The minimum Gasteiger partial charge on any atom is -0.347 e. The number of H-pyrrole nitrogens is 1. The third-order valence-electron chi connectivity index (χ3n) is 2.36. The number of anilines is 2. The number of nitrogens with one attached hydrogen (secondary N) is 2. The van der Waals surface area contributed by atoms with Gasteiger partial charge in [-0.05, 0) is 12.1 Å². The van der Waals surface area contributed by atoms with Crippen LogP contribution in [-0.4, -0.2) is 29.8 Å². The predicted octanol–water partition coefficient (Wildman–Crippen LogP) is 1.46. The number of para-hydroxylation sites is 1. The van der Waals surface area contributed by atoms with Crippen LogP contribution in [0.5, 0.6) is 0 Å². The molecule has 100 valence electrons. The topological polar surface area (TPSA) is 118 Å². The summed E-state index contributed by atoms with van der Waals surface area (Å²) >= 11 is 0. The molecular formula is C10H10N4O4S. The molecule has 0 spiro atoms. The van der Waals surface area contributed by atoms with Crippen molar-refractivity contribution >= 4 is 26.9 Å². The van der Waals surface area contributed by atoms with E-state index in [1.807, 2.05) is 0 Å². The molecule has 19 heavy (non-hydrogen) atoms. The van der Waals surface area contributed by atoms with Crippen molar-refractivity contribution in [3.8, 4) is 0 Å². The van der Waals surface area contributed by atoms with Crippen LogP contribution in [0.3, 0.4) is 0 Å². The fourth-order valence-electron chi connectivity index (χ4n) is 1.59. The lowest BCUT2D eigenvalue weighted by atomic mass is 10.2. The molecule has 2 rings (SSSR count). The Bertz CT molecular complexity index is 709. The van der Waals surface area contributed by atoms with Crippen molar-refractivity contribution in [2.24, 2.45) is 0 Å². The third-order valence-corrected chi connectivity index (χ3v) is 3.49. The van der Waals surface area contributed by atoms with Gasteiger partial charge in [-0.2, -0.15) is 5.10 Å². The summed E-state index contributed by atoms with van der Waals surface area (Å²) < 4.78 is 23.1. The number of aromatic nitrogens is 2. The lowest BCUT2D eigenvalue weighted by Gasteiger charge is -2.07. The first-order valence-electron chi connectivity index (χ1n) is 5.13. The summed E-state index contributed by atoms with van der Waals surface area (Å²) in [5, 5.41) is 20.1. The number of aromatic amines is 1. The normalized spacial score (nSPS) is 11.2. The Hall–Kier alpha value is -2.42. The minimum atomic E-state index is -3.69. The molecule has 0 radical (unpaired) electrons. The minimum absolute atomic E-state index is 0.0920. The van der Waals surface area contributed by atoms with Gasteiger partial charge in [0.25, 0.3) is 0 Å². The van der Waals surface area contributed by atoms with Gasteiger partial charge in [0.05, 0.1) is 16.8 Å². The van der Waals surface area contributed by atoms with E-state index in [1.54, 1.807) is 0 Å². The molecule has 0 saturated heterocycles. The molecule has 8 nitrogen and oxygen atoms in total. The van der Waals surface area contributed by atoms with Gasteiger partial charge in [0, 0.05) is 12.5 Å². The Morgan fingerprint density at radius 2 is 2.16 bits per heavy atom. The van der Waals surface area contributed by atoms with E-state index in [1.165, 1.54) is 30.6 Å². The van der Waals surface area contributed by atoms with Crippen molar-refractivity contribution in [3.05, 3.63) is 40.7 Å². The van der Waals surface area contributed by atoms with Gasteiger partial charge in [0.15, 0.2) is 9.84 Å². The van der Waals surface area contributed by atoms with Gasteiger partial charge in [-0.1, -0.05) is 6.07 Å². The van der Waals surface area contributed by atoms with E-state index >= 15 is 0 Å². The van der Waals surface area contributed by atoms with Crippen molar-refractivity contribution in [2.45, 2.75) is 4.90 Å². The van der Waals surface area contributed by atoms with Crippen LogP contribution in [0.4, 0.5) is 17.1 Å². The van der Waals surface area contributed by atoms with Crippen LogP contribution in [-0.2, 0) is 9.84 Å². The lowest BCUT2D eigenvalue weighted by Crippen LogP contribution is -2.05. The monoisotopic (exact) mass is 282 g/mol. The highest BCUT2D eigenvalue weighted by molar-refractivity contribution is 7.90. The SMILES string of the molecule is CS(=O)(=O)c1cccc(Nc2cn[nH]c2)c1[N+](=O)[O-]. The zero-order valence-electron chi connectivity index (χ0n) is 9.82. The van der Waals surface area contributed by atoms with Gasteiger partial charge >= 0.3 is 5.69 Å². The molecule has 1 aromatic heterocycles. The summed E-state index contributed by atoms with van der Waals surface area (Å²) in [5.41, 5.74) is 0.106. The Balaban J connectivity index is 2.58. The highest BCUT2D eigenvalue weighted by Crippen LogP contribution is 2.33. The van der Waals surface area contributed by atoms with E-state index < -0.39 is 20.4 Å². The fraction of sp³-hybridized carbons (Fsp3) is 0.100. The third kappa shape index (κ3) is 2.71. The highest BCUT2D eigenvalue weighted by Gasteiger charge is 2.26. The Morgan fingerprint density at radius 3 is 2.68 bits per heavy atom. The number of nitro benzene ring substituents is 1. The quantitative estimate of drug-likeness (QED) is 0.647. The fourth-order valence-corrected chi connectivity index (χ4v) is 2.45. The summed E-state index contributed by atoms with van der Waals surface area (Å²) in [6.45, 7) is 0. The maximum absolute atomic E-state index is 11.6. The Morgan fingerprint density at radius 1 is 1.42 bits per heavy atom. The molecule has 2 aromatic rings. The molecular weight excluding hydrogens is 272 g/mol. The Kier molecular flexibility index (Phi) is 3.21. The molecule has 0 aliphatic rings. The average molecular weight is 282 g/mol. The second kappa shape index (κ2) is 4.69. The van der Waals surface area contributed by atoms with Gasteiger partial charge in [-0.3, -0.25) is 15.2 Å². The van der Waals surface area contributed by atoms with Crippen LogP contribution in [0, 0.1) is 10.1 Å². The summed E-state index contributed by atoms with van der Waals surface area (Å²) in [5.74, 6) is 0. The van der Waals surface area contributed by atoms with Gasteiger partial charge in [0.2, 0.25) is 0 Å². The smallest absolute Gasteiger partial charge is 0.311 e. The molecule has 0 fully saturated rings.